The fourth-order valence-corrected chi connectivity index (χ4v) is 3.57. The van der Waals surface area contributed by atoms with Crippen LogP contribution in [0.3, 0.4) is 0 Å². The predicted octanol–water partition coefficient (Wildman–Crippen LogP) is 2.36. The van der Waals surface area contributed by atoms with Crippen molar-refractivity contribution in [2.24, 2.45) is 5.92 Å². The summed E-state index contributed by atoms with van der Waals surface area (Å²) in [4.78, 5) is 30.0. The highest BCUT2D eigenvalue weighted by molar-refractivity contribution is 9.10. The first kappa shape index (κ1) is 16.2. The molecule has 1 aliphatic rings. The number of halogens is 1. The van der Waals surface area contributed by atoms with E-state index in [4.69, 9.17) is 0 Å². The number of rotatable bonds is 3. The van der Waals surface area contributed by atoms with Crippen LogP contribution in [0.4, 0.5) is 0 Å². The molecule has 0 unspecified atom stereocenters. The van der Waals surface area contributed by atoms with E-state index in [0.29, 0.717) is 22.5 Å². The number of nitrogens with one attached hydrogen (secondary N) is 2. The molecule has 23 heavy (non-hydrogen) atoms. The number of aromatic amines is 1. The summed E-state index contributed by atoms with van der Waals surface area (Å²) in [7, 11) is 1.93. The third-order valence-electron chi connectivity index (χ3n) is 4.32. The SMILES string of the molecule is CNC[C@H]1CCCN(C(=O)c2cc(=O)c3cc(Br)ccc3[nH]2)C1. The van der Waals surface area contributed by atoms with Gasteiger partial charge in [0.2, 0.25) is 0 Å². The number of amides is 1. The van der Waals surface area contributed by atoms with E-state index in [-0.39, 0.29) is 11.3 Å². The van der Waals surface area contributed by atoms with Gasteiger partial charge in [0.1, 0.15) is 5.69 Å². The number of carbonyl (C=O) groups excluding carboxylic acids is 1. The molecule has 1 saturated heterocycles. The van der Waals surface area contributed by atoms with Crippen molar-refractivity contribution < 1.29 is 4.79 Å². The van der Waals surface area contributed by atoms with Crippen LogP contribution >= 0.6 is 15.9 Å². The van der Waals surface area contributed by atoms with Gasteiger partial charge in [-0.2, -0.15) is 0 Å². The van der Waals surface area contributed by atoms with Gasteiger partial charge in [0, 0.05) is 34.5 Å². The standard InChI is InChI=1S/C17H20BrN3O2/c1-19-9-11-3-2-6-21(10-11)17(23)15-8-16(22)13-7-12(18)4-5-14(13)20-15/h4-5,7-8,11,19H,2-3,6,9-10H2,1H3,(H,20,22)/t11-/m1/s1. The number of nitrogens with zero attached hydrogens (tertiary/aromatic N) is 1. The lowest BCUT2D eigenvalue weighted by atomic mass is 9.97. The second kappa shape index (κ2) is 6.84. The Balaban J connectivity index is 1.89. The Morgan fingerprint density at radius 2 is 2.26 bits per heavy atom. The average Bonchev–Trinajstić information content (AvgIpc) is 2.55. The lowest BCUT2D eigenvalue weighted by Gasteiger charge is -2.32. The zero-order valence-electron chi connectivity index (χ0n) is 13.1. The summed E-state index contributed by atoms with van der Waals surface area (Å²) in [6.07, 6.45) is 2.13. The van der Waals surface area contributed by atoms with Gasteiger partial charge in [-0.3, -0.25) is 9.59 Å². The molecule has 6 heteroatoms. The molecular weight excluding hydrogens is 358 g/mol. The third-order valence-corrected chi connectivity index (χ3v) is 4.81. The van der Waals surface area contributed by atoms with Crippen molar-refractivity contribution in [2.45, 2.75) is 12.8 Å². The Kier molecular flexibility index (Phi) is 4.82. The fraction of sp³-hybridized carbons (Fsp3) is 0.412. The van der Waals surface area contributed by atoms with Crippen LogP contribution in [0.5, 0.6) is 0 Å². The van der Waals surface area contributed by atoms with E-state index in [1.54, 1.807) is 6.07 Å². The summed E-state index contributed by atoms with van der Waals surface area (Å²) in [5, 5.41) is 3.76. The Bertz CT molecular complexity index is 785. The van der Waals surface area contributed by atoms with Gasteiger partial charge in [-0.1, -0.05) is 15.9 Å². The molecule has 1 atom stereocenters. The largest absolute Gasteiger partial charge is 0.350 e. The summed E-state index contributed by atoms with van der Waals surface area (Å²) in [5.41, 5.74) is 0.926. The summed E-state index contributed by atoms with van der Waals surface area (Å²) in [6.45, 7) is 2.39. The van der Waals surface area contributed by atoms with E-state index in [9.17, 15) is 9.59 Å². The number of likely N-dealkylation sites (tertiary alicyclic amines) is 1. The van der Waals surface area contributed by atoms with Crippen LogP contribution in [0.2, 0.25) is 0 Å². The quantitative estimate of drug-likeness (QED) is 0.862. The van der Waals surface area contributed by atoms with Gasteiger partial charge >= 0.3 is 0 Å². The maximum absolute atomic E-state index is 12.7. The number of H-pyrrole nitrogens is 1. The molecule has 0 bridgehead atoms. The van der Waals surface area contributed by atoms with E-state index in [1.165, 1.54) is 6.07 Å². The van der Waals surface area contributed by atoms with Crippen LogP contribution in [0.25, 0.3) is 10.9 Å². The van der Waals surface area contributed by atoms with Crippen LogP contribution < -0.4 is 10.7 Å². The molecule has 1 aromatic carbocycles. The van der Waals surface area contributed by atoms with Crippen molar-refractivity contribution in [3.05, 3.63) is 44.7 Å². The van der Waals surface area contributed by atoms with E-state index < -0.39 is 0 Å². The minimum atomic E-state index is -0.132. The topological polar surface area (TPSA) is 65.2 Å². The Morgan fingerprint density at radius 1 is 1.43 bits per heavy atom. The summed E-state index contributed by atoms with van der Waals surface area (Å²) in [5.74, 6) is 0.383. The Hall–Kier alpha value is -1.66. The van der Waals surface area contributed by atoms with Crippen LogP contribution in [0, 0.1) is 5.92 Å². The smallest absolute Gasteiger partial charge is 0.270 e. The molecule has 2 N–H and O–H groups in total. The van der Waals surface area contributed by atoms with E-state index in [0.717, 1.165) is 36.9 Å². The van der Waals surface area contributed by atoms with Crippen LogP contribution in [-0.2, 0) is 0 Å². The van der Waals surface area contributed by atoms with E-state index >= 15 is 0 Å². The molecule has 5 nitrogen and oxygen atoms in total. The number of hydrogen-bond acceptors (Lipinski definition) is 3. The molecule has 2 aromatic rings. The molecule has 3 rings (SSSR count). The molecule has 1 aromatic heterocycles. The summed E-state index contributed by atoms with van der Waals surface area (Å²) < 4.78 is 0.848. The highest BCUT2D eigenvalue weighted by atomic mass is 79.9. The Morgan fingerprint density at radius 3 is 3.04 bits per heavy atom. The second-order valence-corrected chi connectivity index (χ2v) is 6.97. The molecule has 2 heterocycles. The summed E-state index contributed by atoms with van der Waals surface area (Å²) in [6, 6.07) is 6.86. The molecule has 122 valence electrons. The van der Waals surface area contributed by atoms with Crippen molar-refractivity contribution in [2.75, 3.05) is 26.7 Å². The maximum atomic E-state index is 12.7. The second-order valence-electron chi connectivity index (χ2n) is 6.05. The molecule has 0 spiro atoms. The zero-order valence-corrected chi connectivity index (χ0v) is 14.6. The first-order chi connectivity index (χ1) is 11.1. The van der Waals surface area contributed by atoms with E-state index in [1.807, 2.05) is 24.1 Å². The van der Waals surface area contributed by atoms with Crippen LogP contribution in [0.1, 0.15) is 23.3 Å². The number of pyridine rings is 1. The van der Waals surface area contributed by atoms with Gasteiger partial charge in [0.15, 0.2) is 5.43 Å². The number of benzene rings is 1. The highest BCUT2D eigenvalue weighted by Gasteiger charge is 2.25. The number of hydrogen-bond donors (Lipinski definition) is 2. The van der Waals surface area contributed by atoms with Gasteiger partial charge < -0.3 is 15.2 Å². The minimum absolute atomic E-state index is 0.0901. The lowest BCUT2D eigenvalue weighted by Crippen LogP contribution is -2.43. The monoisotopic (exact) mass is 377 g/mol. The van der Waals surface area contributed by atoms with Crippen molar-refractivity contribution in [3.63, 3.8) is 0 Å². The van der Waals surface area contributed by atoms with Crippen molar-refractivity contribution >= 4 is 32.7 Å². The van der Waals surface area contributed by atoms with Gasteiger partial charge in [-0.15, -0.1) is 0 Å². The predicted molar refractivity (Wildman–Crippen MR) is 94.8 cm³/mol. The molecule has 0 saturated carbocycles. The van der Waals surface area contributed by atoms with E-state index in [2.05, 4.69) is 26.2 Å². The van der Waals surface area contributed by atoms with Gasteiger partial charge in [-0.05, 0) is 50.6 Å². The summed E-state index contributed by atoms with van der Waals surface area (Å²) >= 11 is 3.36. The third kappa shape index (κ3) is 3.48. The number of piperidine rings is 1. The highest BCUT2D eigenvalue weighted by Crippen LogP contribution is 2.19. The maximum Gasteiger partial charge on any atom is 0.270 e. The number of carbonyl (C=O) groups is 1. The molecule has 0 aliphatic carbocycles. The first-order valence-electron chi connectivity index (χ1n) is 7.85. The normalized spacial score (nSPS) is 18.3. The van der Waals surface area contributed by atoms with Crippen molar-refractivity contribution in [1.29, 1.82) is 0 Å². The average molecular weight is 378 g/mol. The molecule has 1 aliphatic heterocycles. The zero-order chi connectivity index (χ0) is 16.4. The Labute approximate surface area is 143 Å². The number of fused-ring (bicyclic) bond motifs is 1. The van der Waals surface area contributed by atoms with Crippen molar-refractivity contribution in [3.8, 4) is 0 Å². The molecule has 0 radical (unpaired) electrons. The number of aromatic nitrogens is 1. The van der Waals surface area contributed by atoms with Crippen LogP contribution in [-0.4, -0.2) is 42.5 Å². The van der Waals surface area contributed by atoms with Crippen molar-refractivity contribution in [1.82, 2.24) is 15.2 Å². The van der Waals surface area contributed by atoms with Gasteiger partial charge in [0.25, 0.3) is 5.91 Å². The van der Waals surface area contributed by atoms with Gasteiger partial charge in [-0.25, -0.2) is 0 Å². The first-order valence-corrected chi connectivity index (χ1v) is 8.64. The fourth-order valence-electron chi connectivity index (χ4n) is 3.21. The minimum Gasteiger partial charge on any atom is -0.350 e. The molecule has 1 amide bonds. The molecule has 1 fully saturated rings. The van der Waals surface area contributed by atoms with Gasteiger partial charge in [0.05, 0.1) is 0 Å². The molecular formula is C17H20BrN3O2. The lowest BCUT2D eigenvalue weighted by molar-refractivity contribution is 0.0668. The van der Waals surface area contributed by atoms with Crippen LogP contribution in [0.15, 0.2) is 33.5 Å².